The number of amides is 2. The minimum absolute atomic E-state index is 0.166. The lowest BCUT2D eigenvalue weighted by molar-refractivity contribution is -0.118. The SMILES string of the molecule is COc1cc(NC(=O)c2cccc(F)c2)c(OC)cc1NC(=O)CN1CCOCC1. The molecule has 2 amide bonds. The third-order valence-corrected chi connectivity index (χ3v) is 4.60. The second-order valence-electron chi connectivity index (χ2n) is 6.65. The molecule has 1 heterocycles. The summed E-state index contributed by atoms with van der Waals surface area (Å²) in [7, 11) is 2.90. The quantitative estimate of drug-likeness (QED) is 0.719. The van der Waals surface area contributed by atoms with Crippen molar-refractivity contribution in [3.8, 4) is 11.5 Å². The molecule has 3 rings (SSSR count). The van der Waals surface area contributed by atoms with Gasteiger partial charge in [-0.1, -0.05) is 6.07 Å². The lowest BCUT2D eigenvalue weighted by Crippen LogP contribution is -2.41. The topological polar surface area (TPSA) is 89.1 Å². The third-order valence-electron chi connectivity index (χ3n) is 4.60. The van der Waals surface area contributed by atoms with Gasteiger partial charge in [-0.15, -0.1) is 0 Å². The van der Waals surface area contributed by atoms with Crippen LogP contribution in [0.4, 0.5) is 15.8 Å². The van der Waals surface area contributed by atoms with E-state index < -0.39 is 11.7 Å². The maximum atomic E-state index is 13.4. The van der Waals surface area contributed by atoms with Crippen LogP contribution < -0.4 is 20.1 Å². The van der Waals surface area contributed by atoms with Crippen molar-refractivity contribution in [2.24, 2.45) is 0 Å². The van der Waals surface area contributed by atoms with E-state index in [1.54, 1.807) is 12.1 Å². The fraction of sp³-hybridized carbons (Fsp3) is 0.333. The molecular weight excluding hydrogens is 393 g/mol. The van der Waals surface area contributed by atoms with E-state index in [1.165, 1.54) is 32.4 Å². The zero-order valence-electron chi connectivity index (χ0n) is 16.9. The third kappa shape index (κ3) is 5.46. The summed E-state index contributed by atoms with van der Waals surface area (Å²) >= 11 is 0. The number of morpholine rings is 1. The van der Waals surface area contributed by atoms with Crippen molar-refractivity contribution in [2.45, 2.75) is 0 Å². The first kappa shape index (κ1) is 21.5. The van der Waals surface area contributed by atoms with Crippen LogP contribution in [0.1, 0.15) is 10.4 Å². The molecule has 9 heteroatoms. The number of methoxy groups -OCH3 is 2. The van der Waals surface area contributed by atoms with Gasteiger partial charge in [0.25, 0.3) is 5.91 Å². The number of rotatable bonds is 7. The summed E-state index contributed by atoms with van der Waals surface area (Å²) in [6, 6.07) is 8.46. The zero-order chi connectivity index (χ0) is 21.5. The largest absolute Gasteiger partial charge is 0.494 e. The van der Waals surface area contributed by atoms with Crippen LogP contribution in [0.2, 0.25) is 0 Å². The first-order chi connectivity index (χ1) is 14.5. The molecule has 0 atom stereocenters. The van der Waals surface area contributed by atoms with Crippen molar-refractivity contribution in [3.63, 3.8) is 0 Å². The maximum absolute atomic E-state index is 13.4. The van der Waals surface area contributed by atoms with E-state index >= 15 is 0 Å². The zero-order valence-corrected chi connectivity index (χ0v) is 16.9. The highest BCUT2D eigenvalue weighted by molar-refractivity contribution is 6.05. The summed E-state index contributed by atoms with van der Waals surface area (Å²) in [6.07, 6.45) is 0. The van der Waals surface area contributed by atoms with Crippen LogP contribution in [-0.2, 0) is 9.53 Å². The first-order valence-electron chi connectivity index (χ1n) is 9.43. The molecule has 0 unspecified atom stereocenters. The Balaban J connectivity index is 1.76. The molecule has 2 N–H and O–H groups in total. The van der Waals surface area contributed by atoms with E-state index in [4.69, 9.17) is 14.2 Å². The molecule has 160 valence electrons. The van der Waals surface area contributed by atoms with E-state index in [1.807, 2.05) is 4.90 Å². The number of benzene rings is 2. The Hall–Kier alpha value is -3.17. The minimum atomic E-state index is -0.509. The lowest BCUT2D eigenvalue weighted by atomic mass is 10.2. The number of nitrogens with one attached hydrogen (secondary N) is 2. The molecule has 1 saturated heterocycles. The Morgan fingerprint density at radius 1 is 1.03 bits per heavy atom. The van der Waals surface area contributed by atoms with Gasteiger partial charge in [-0.05, 0) is 18.2 Å². The minimum Gasteiger partial charge on any atom is -0.494 e. The second kappa shape index (κ2) is 10.0. The molecule has 8 nitrogen and oxygen atoms in total. The second-order valence-corrected chi connectivity index (χ2v) is 6.65. The number of carbonyl (C=O) groups is 2. The Labute approximate surface area is 173 Å². The summed E-state index contributed by atoms with van der Waals surface area (Å²) in [4.78, 5) is 26.9. The monoisotopic (exact) mass is 417 g/mol. The smallest absolute Gasteiger partial charge is 0.255 e. The number of halogens is 1. The first-order valence-corrected chi connectivity index (χ1v) is 9.43. The molecular formula is C21H24FN3O5. The fourth-order valence-corrected chi connectivity index (χ4v) is 3.07. The summed E-state index contributed by atoms with van der Waals surface area (Å²) < 4.78 is 29.4. The van der Waals surface area contributed by atoms with Gasteiger partial charge in [0.2, 0.25) is 5.91 Å². The van der Waals surface area contributed by atoms with Crippen molar-refractivity contribution < 1.29 is 28.2 Å². The van der Waals surface area contributed by atoms with E-state index in [0.29, 0.717) is 49.2 Å². The number of hydrogen-bond acceptors (Lipinski definition) is 6. The highest BCUT2D eigenvalue weighted by atomic mass is 19.1. The number of carbonyl (C=O) groups excluding carboxylic acids is 2. The molecule has 1 aliphatic heterocycles. The maximum Gasteiger partial charge on any atom is 0.255 e. The van der Waals surface area contributed by atoms with Crippen LogP contribution >= 0.6 is 0 Å². The van der Waals surface area contributed by atoms with Gasteiger partial charge >= 0.3 is 0 Å². The molecule has 1 aliphatic rings. The molecule has 0 spiro atoms. The van der Waals surface area contributed by atoms with Crippen molar-refractivity contribution in [2.75, 3.05) is 57.7 Å². The molecule has 0 radical (unpaired) electrons. The number of hydrogen-bond donors (Lipinski definition) is 2. The standard InChI is InChI=1S/C21H24FN3O5/c1-28-18-12-17(24-21(27)14-4-3-5-15(22)10-14)19(29-2)11-16(18)23-20(26)13-25-6-8-30-9-7-25/h3-5,10-12H,6-9,13H2,1-2H3,(H,23,26)(H,24,27). The average Bonchev–Trinajstić information content (AvgIpc) is 2.75. The van der Waals surface area contributed by atoms with E-state index in [0.717, 1.165) is 6.07 Å². The Bertz CT molecular complexity index is 916. The van der Waals surface area contributed by atoms with Crippen LogP contribution in [0.5, 0.6) is 11.5 Å². The van der Waals surface area contributed by atoms with Crippen molar-refractivity contribution >= 4 is 23.2 Å². The van der Waals surface area contributed by atoms with Gasteiger partial charge in [-0.2, -0.15) is 0 Å². The van der Waals surface area contributed by atoms with Gasteiger partial charge in [0.05, 0.1) is 45.4 Å². The van der Waals surface area contributed by atoms with Crippen LogP contribution in [0.3, 0.4) is 0 Å². The lowest BCUT2D eigenvalue weighted by Gasteiger charge is -2.26. The molecule has 0 aromatic heterocycles. The Morgan fingerprint density at radius 3 is 2.27 bits per heavy atom. The summed E-state index contributed by atoms with van der Waals surface area (Å²) in [5, 5.41) is 5.49. The van der Waals surface area contributed by atoms with Gasteiger partial charge in [0.15, 0.2) is 0 Å². The Kier molecular flexibility index (Phi) is 7.21. The molecule has 0 aliphatic carbocycles. The van der Waals surface area contributed by atoms with Crippen molar-refractivity contribution in [1.29, 1.82) is 0 Å². The average molecular weight is 417 g/mol. The highest BCUT2D eigenvalue weighted by Crippen LogP contribution is 2.36. The molecule has 0 bridgehead atoms. The van der Waals surface area contributed by atoms with E-state index in [2.05, 4.69) is 10.6 Å². The number of anilines is 2. The molecule has 30 heavy (non-hydrogen) atoms. The summed E-state index contributed by atoms with van der Waals surface area (Å²) in [5.41, 5.74) is 0.907. The van der Waals surface area contributed by atoms with Gasteiger partial charge in [-0.25, -0.2) is 4.39 Å². The van der Waals surface area contributed by atoms with Gasteiger partial charge in [0.1, 0.15) is 17.3 Å². The fourth-order valence-electron chi connectivity index (χ4n) is 3.07. The molecule has 2 aromatic rings. The van der Waals surface area contributed by atoms with E-state index in [-0.39, 0.29) is 18.0 Å². The molecule has 2 aromatic carbocycles. The number of nitrogens with zero attached hydrogens (tertiary/aromatic N) is 1. The number of ether oxygens (including phenoxy) is 3. The van der Waals surface area contributed by atoms with E-state index in [9.17, 15) is 14.0 Å². The normalized spacial score (nSPS) is 14.1. The summed E-state index contributed by atoms with van der Waals surface area (Å²) in [5.74, 6) is -0.541. The predicted octanol–water partition coefficient (Wildman–Crippen LogP) is 2.37. The van der Waals surface area contributed by atoms with Crippen molar-refractivity contribution in [1.82, 2.24) is 4.90 Å². The summed E-state index contributed by atoms with van der Waals surface area (Å²) in [6.45, 7) is 2.82. The molecule has 1 fully saturated rings. The van der Waals surface area contributed by atoms with Crippen molar-refractivity contribution in [3.05, 3.63) is 47.8 Å². The highest BCUT2D eigenvalue weighted by Gasteiger charge is 2.18. The van der Waals surface area contributed by atoms with Crippen LogP contribution in [0.15, 0.2) is 36.4 Å². The van der Waals surface area contributed by atoms with Gasteiger partial charge in [0, 0.05) is 30.8 Å². The van der Waals surface area contributed by atoms with Crippen LogP contribution in [0, 0.1) is 5.82 Å². The van der Waals surface area contributed by atoms with Crippen LogP contribution in [-0.4, -0.2) is 63.8 Å². The van der Waals surface area contributed by atoms with Gasteiger partial charge in [-0.3, -0.25) is 14.5 Å². The van der Waals surface area contributed by atoms with Crippen LogP contribution in [0.25, 0.3) is 0 Å². The molecule has 0 saturated carbocycles. The van der Waals surface area contributed by atoms with Gasteiger partial charge < -0.3 is 24.8 Å². The Morgan fingerprint density at radius 2 is 1.67 bits per heavy atom. The predicted molar refractivity (Wildman–Crippen MR) is 110 cm³/mol.